The number of carbonyl (C=O) groups is 2. The number of ether oxygens (including phenoxy) is 1. The van der Waals surface area contributed by atoms with E-state index in [0.29, 0.717) is 31.2 Å². The van der Waals surface area contributed by atoms with Crippen LogP contribution in [-0.2, 0) is 4.79 Å². The zero-order valence-corrected chi connectivity index (χ0v) is 17.4. The van der Waals surface area contributed by atoms with Crippen molar-refractivity contribution in [1.29, 1.82) is 0 Å². The lowest BCUT2D eigenvalue weighted by Crippen LogP contribution is -2.53. The minimum absolute atomic E-state index is 0.0590. The summed E-state index contributed by atoms with van der Waals surface area (Å²) in [6.45, 7) is 5.72. The Morgan fingerprint density at radius 2 is 1.93 bits per heavy atom. The molecule has 1 aromatic carbocycles. The Hall–Kier alpha value is -2.08. The number of fused-ring (bicyclic) bond motifs is 1. The third kappa shape index (κ3) is 4.13. The Morgan fingerprint density at radius 3 is 2.66 bits per heavy atom. The Labute approximate surface area is 173 Å². The minimum Gasteiger partial charge on any atom is -0.494 e. The number of amides is 2. The van der Waals surface area contributed by atoms with Crippen LogP contribution >= 0.6 is 0 Å². The molecule has 1 saturated carbocycles. The van der Waals surface area contributed by atoms with Gasteiger partial charge in [-0.05, 0) is 69.3 Å². The third-order valence-electron chi connectivity index (χ3n) is 7.02. The molecule has 0 aromatic heterocycles. The van der Waals surface area contributed by atoms with E-state index in [1.165, 1.54) is 6.42 Å². The number of likely N-dealkylation sites (tertiary alicyclic amines) is 1. The molecule has 4 rings (SSSR count). The van der Waals surface area contributed by atoms with Crippen LogP contribution in [0.3, 0.4) is 0 Å². The summed E-state index contributed by atoms with van der Waals surface area (Å²) in [6, 6.07) is 7.52. The molecule has 0 radical (unpaired) electrons. The number of carbonyl (C=O) groups excluding carboxylic acids is 2. The molecule has 2 atom stereocenters. The third-order valence-corrected chi connectivity index (χ3v) is 7.02. The van der Waals surface area contributed by atoms with Crippen molar-refractivity contribution < 1.29 is 14.3 Å². The highest BCUT2D eigenvalue weighted by Crippen LogP contribution is 2.44. The van der Waals surface area contributed by atoms with Crippen molar-refractivity contribution in [2.24, 2.45) is 11.3 Å². The highest BCUT2D eigenvalue weighted by molar-refractivity contribution is 5.94. The van der Waals surface area contributed by atoms with E-state index in [1.807, 2.05) is 36.1 Å². The number of piperidine rings is 1. The average Bonchev–Trinajstić information content (AvgIpc) is 3.20. The Bertz CT molecular complexity index is 727. The summed E-state index contributed by atoms with van der Waals surface area (Å²) in [4.78, 5) is 27.8. The van der Waals surface area contributed by atoms with Crippen molar-refractivity contribution in [3.63, 3.8) is 0 Å². The molecule has 2 amide bonds. The normalized spacial score (nSPS) is 27.3. The van der Waals surface area contributed by atoms with Crippen LogP contribution in [0.15, 0.2) is 24.3 Å². The van der Waals surface area contributed by atoms with Gasteiger partial charge in [0.25, 0.3) is 5.91 Å². The topological polar surface area (TPSA) is 70.7 Å². The zero-order valence-electron chi connectivity index (χ0n) is 17.4. The minimum atomic E-state index is -0.201. The van der Waals surface area contributed by atoms with Gasteiger partial charge in [-0.2, -0.15) is 0 Å². The first-order valence-corrected chi connectivity index (χ1v) is 11.2. The molecule has 1 aliphatic carbocycles. The van der Waals surface area contributed by atoms with Crippen LogP contribution in [0.1, 0.15) is 55.8 Å². The molecule has 1 aromatic rings. The second kappa shape index (κ2) is 8.74. The molecule has 6 heteroatoms. The first kappa shape index (κ1) is 20.2. The van der Waals surface area contributed by atoms with E-state index in [9.17, 15) is 9.59 Å². The quantitative estimate of drug-likeness (QED) is 0.798. The summed E-state index contributed by atoms with van der Waals surface area (Å²) in [5.74, 6) is 1.57. The average molecular weight is 400 g/mol. The molecular formula is C23H33N3O3. The van der Waals surface area contributed by atoms with Crippen LogP contribution in [0.5, 0.6) is 5.75 Å². The van der Waals surface area contributed by atoms with Gasteiger partial charge in [0.15, 0.2) is 0 Å². The molecule has 2 saturated heterocycles. The smallest absolute Gasteiger partial charge is 0.253 e. The first-order valence-electron chi connectivity index (χ1n) is 11.2. The molecule has 2 N–H and O–H groups in total. The maximum absolute atomic E-state index is 13.1. The van der Waals surface area contributed by atoms with Crippen LogP contribution in [-0.4, -0.2) is 55.5 Å². The summed E-state index contributed by atoms with van der Waals surface area (Å²) in [5.41, 5.74) is 0.491. The highest BCUT2D eigenvalue weighted by Gasteiger charge is 2.50. The molecule has 0 spiro atoms. The SMILES string of the molecule is CCOc1ccc(C(=O)N2CCC(NC(=O)[C@@]34CCCC[C@H]3CNC4)CC2)cc1. The summed E-state index contributed by atoms with van der Waals surface area (Å²) in [7, 11) is 0. The van der Waals surface area contributed by atoms with E-state index < -0.39 is 0 Å². The van der Waals surface area contributed by atoms with Crippen molar-refractivity contribution >= 4 is 11.8 Å². The Balaban J connectivity index is 1.30. The van der Waals surface area contributed by atoms with Crippen molar-refractivity contribution in [1.82, 2.24) is 15.5 Å². The molecule has 3 fully saturated rings. The summed E-state index contributed by atoms with van der Waals surface area (Å²) >= 11 is 0. The standard InChI is InChI=1S/C23H33N3O3/c1-2-29-20-8-6-17(7-9-20)21(27)26-13-10-19(11-14-26)25-22(28)23-12-4-3-5-18(23)15-24-16-23/h6-9,18-19,24H,2-5,10-16H2,1H3,(H,25,28)/t18-,23+/m0/s1. The van der Waals surface area contributed by atoms with Gasteiger partial charge in [0, 0.05) is 31.2 Å². The molecule has 158 valence electrons. The molecular weight excluding hydrogens is 366 g/mol. The fraction of sp³-hybridized carbons (Fsp3) is 0.652. The summed E-state index contributed by atoms with van der Waals surface area (Å²) in [6.07, 6.45) is 6.21. The number of hydrogen-bond acceptors (Lipinski definition) is 4. The van der Waals surface area contributed by atoms with Gasteiger partial charge in [-0.3, -0.25) is 9.59 Å². The lowest BCUT2D eigenvalue weighted by molar-refractivity contribution is -0.135. The number of hydrogen-bond donors (Lipinski definition) is 2. The molecule has 0 unspecified atom stereocenters. The van der Waals surface area contributed by atoms with E-state index in [0.717, 1.165) is 50.9 Å². The predicted octanol–water partition coefficient (Wildman–Crippen LogP) is 2.59. The number of nitrogens with one attached hydrogen (secondary N) is 2. The molecule has 3 aliphatic rings. The van der Waals surface area contributed by atoms with Crippen LogP contribution < -0.4 is 15.4 Å². The Morgan fingerprint density at radius 1 is 1.17 bits per heavy atom. The highest BCUT2D eigenvalue weighted by atomic mass is 16.5. The fourth-order valence-electron chi connectivity index (χ4n) is 5.29. The van der Waals surface area contributed by atoms with Crippen molar-refractivity contribution in [3.8, 4) is 5.75 Å². The predicted molar refractivity (Wildman–Crippen MR) is 112 cm³/mol. The number of benzene rings is 1. The van der Waals surface area contributed by atoms with Crippen LogP contribution in [0.2, 0.25) is 0 Å². The first-order chi connectivity index (χ1) is 14.1. The van der Waals surface area contributed by atoms with Crippen molar-refractivity contribution in [3.05, 3.63) is 29.8 Å². The molecule has 6 nitrogen and oxygen atoms in total. The zero-order chi connectivity index (χ0) is 20.3. The van der Waals surface area contributed by atoms with Gasteiger partial charge < -0.3 is 20.3 Å². The van der Waals surface area contributed by atoms with Gasteiger partial charge >= 0.3 is 0 Å². The van der Waals surface area contributed by atoms with Crippen LogP contribution in [0.4, 0.5) is 0 Å². The second-order valence-corrected chi connectivity index (χ2v) is 8.73. The van der Waals surface area contributed by atoms with Crippen LogP contribution in [0, 0.1) is 11.3 Å². The second-order valence-electron chi connectivity index (χ2n) is 8.73. The number of nitrogens with zero attached hydrogens (tertiary/aromatic N) is 1. The lowest BCUT2D eigenvalue weighted by Gasteiger charge is -2.39. The monoisotopic (exact) mass is 399 g/mol. The van der Waals surface area contributed by atoms with E-state index >= 15 is 0 Å². The van der Waals surface area contributed by atoms with Crippen molar-refractivity contribution in [2.45, 2.75) is 51.5 Å². The molecule has 2 heterocycles. The van der Waals surface area contributed by atoms with Gasteiger partial charge in [-0.15, -0.1) is 0 Å². The van der Waals surface area contributed by atoms with E-state index in [-0.39, 0.29) is 23.3 Å². The largest absolute Gasteiger partial charge is 0.494 e. The van der Waals surface area contributed by atoms with Crippen molar-refractivity contribution in [2.75, 3.05) is 32.8 Å². The summed E-state index contributed by atoms with van der Waals surface area (Å²) < 4.78 is 5.45. The number of rotatable bonds is 5. The lowest BCUT2D eigenvalue weighted by atomic mass is 9.67. The van der Waals surface area contributed by atoms with E-state index in [1.54, 1.807) is 0 Å². The molecule has 0 bridgehead atoms. The fourth-order valence-corrected chi connectivity index (χ4v) is 5.29. The van der Waals surface area contributed by atoms with Gasteiger partial charge in [0.1, 0.15) is 5.75 Å². The maximum atomic E-state index is 13.1. The summed E-state index contributed by atoms with van der Waals surface area (Å²) in [5, 5.41) is 6.79. The molecule has 2 aliphatic heterocycles. The van der Waals surface area contributed by atoms with E-state index in [4.69, 9.17) is 4.74 Å². The van der Waals surface area contributed by atoms with E-state index in [2.05, 4.69) is 10.6 Å². The van der Waals surface area contributed by atoms with Gasteiger partial charge in [0.2, 0.25) is 5.91 Å². The van der Waals surface area contributed by atoms with Gasteiger partial charge in [-0.1, -0.05) is 12.8 Å². The van der Waals surface area contributed by atoms with Gasteiger partial charge in [0.05, 0.1) is 12.0 Å². The van der Waals surface area contributed by atoms with Crippen LogP contribution in [0.25, 0.3) is 0 Å². The molecule has 29 heavy (non-hydrogen) atoms. The maximum Gasteiger partial charge on any atom is 0.253 e. The Kier molecular flexibility index (Phi) is 6.09. The van der Waals surface area contributed by atoms with Gasteiger partial charge in [-0.25, -0.2) is 0 Å².